The Labute approximate surface area is 93.5 Å². The SMILES string of the molecule is Cc1cc(-n2ccc3c2CCCC3O)no1. The van der Waals surface area contributed by atoms with E-state index >= 15 is 0 Å². The minimum Gasteiger partial charge on any atom is -0.388 e. The van der Waals surface area contributed by atoms with E-state index in [-0.39, 0.29) is 6.10 Å². The number of hydrogen-bond donors (Lipinski definition) is 1. The molecule has 3 rings (SSSR count). The molecule has 1 atom stereocenters. The van der Waals surface area contributed by atoms with Crippen molar-refractivity contribution in [2.24, 2.45) is 0 Å². The fraction of sp³-hybridized carbons (Fsp3) is 0.417. The molecule has 1 unspecified atom stereocenters. The third-order valence-corrected chi connectivity index (χ3v) is 3.14. The molecule has 2 heterocycles. The molecule has 4 heteroatoms. The Morgan fingerprint density at radius 2 is 2.44 bits per heavy atom. The highest BCUT2D eigenvalue weighted by molar-refractivity contribution is 5.35. The molecule has 0 spiro atoms. The van der Waals surface area contributed by atoms with Gasteiger partial charge in [0.05, 0.1) is 6.10 Å². The van der Waals surface area contributed by atoms with Crippen molar-refractivity contribution < 1.29 is 9.63 Å². The van der Waals surface area contributed by atoms with Crippen LogP contribution in [0, 0.1) is 6.92 Å². The van der Waals surface area contributed by atoms with Gasteiger partial charge in [-0.1, -0.05) is 5.16 Å². The Morgan fingerprint density at radius 3 is 3.19 bits per heavy atom. The molecule has 0 saturated carbocycles. The van der Waals surface area contributed by atoms with Crippen molar-refractivity contribution in [1.29, 1.82) is 0 Å². The van der Waals surface area contributed by atoms with Crippen LogP contribution in [-0.2, 0) is 6.42 Å². The van der Waals surface area contributed by atoms with Crippen LogP contribution in [0.5, 0.6) is 0 Å². The zero-order valence-corrected chi connectivity index (χ0v) is 9.18. The van der Waals surface area contributed by atoms with E-state index in [0.717, 1.165) is 42.1 Å². The van der Waals surface area contributed by atoms with Gasteiger partial charge in [0.25, 0.3) is 0 Å². The molecule has 1 aliphatic rings. The van der Waals surface area contributed by atoms with Crippen LogP contribution < -0.4 is 0 Å². The lowest BCUT2D eigenvalue weighted by Gasteiger charge is -2.19. The van der Waals surface area contributed by atoms with E-state index in [0.29, 0.717) is 0 Å². The maximum atomic E-state index is 9.87. The van der Waals surface area contributed by atoms with Crippen LogP contribution >= 0.6 is 0 Å². The molecule has 16 heavy (non-hydrogen) atoms. The van der Waals surface area contributed by atoms with Crippen LogP contribution in [0.3, 0.4) is 0 Å². The van der Waals surface area contributed by atoms with Gasteiger partial charge in [0, 0.05) is 23.5 Å². The summed E-state index contributed by atoms with van der Waals surface area (Å²) in [5, 5.41) is 13.9. The van der Waals surface area contributed by atoms with Gasteiger partial charge in [0.1, 0.15) is 5.76 Å². The van der Waals surface area contributed by atoms with Gasteiger partial charge >= 0.3 is 0 Å². The van der Waals surface area contributed by atoms with Crippen molar-refractivity contribution in [2.75, 3.05) is 0 Å². The Bertz CT molecular complexity index is 513. The number of rotatable bonds is 1. The summed E-state index contributed by atoms with van der Waals surface area (Å²) in [6.45, 7) is 1.88. The van der Waals surface area contributed by atoms with Crippen LogP contribution in [0.15, 0.2) is 22.9 Å². The predicted molar refractivity (Wildman–Crippen MR) is 58.5 cm³/mol. The van der Waals surface area contributed by atoms with Crippen molar-refractivity contribution >= 4 is 0 Å². The summed E-state index contributed by atoms with van der Waals surface area (Å²) in [7, 11) is 0. The summed E-state index contributed by atoms with van der Waals surface area (Å²) >= 11 is 0. The zero-order chi connectivity index (χ0) is 11.1. The van der Waals surface area contributed by atoms with Gasteiger partial charge in [-0.15, -0.1) is 0 Å². The molecule has 0 saturated heterocycles. The number of hydrogen-bond acceptors (Lipinski definition) is 3. The van der Waals surface area contributed by atoms with Gasteiger partial charge in [-0.3, -0.25) is 0 Å². The number of aryl methyl sites for hydroxylation is 1. The largest absolute Gasteiger partial charge is 0.388 e. The molecule has 0 aliphatic heterocycles. The maximum Gasteiger partial charge on any atom is 0.180 e. The number of fused-ring (bicyclic) bond motifs is 1. The summed E-state index contributed by atoms with van der Waals surface area (Å²) in [5.74, 6) is 1.60. The average molecular weight is 218 g/mol. The van der Waals surface area contributed by atoms with Crippen LogP contribution in [0.4, 0.5) is 0 Å². The molecule has 1 aliphatic carbocycles. The molecule has 4 nitrogen and oxygen atoms in total. The molecular formula is C12H14N2O2. The quantitative estimate of drug-likeness (QED) is 0.797. The first-order chi connectivity index (χ1) is 7.75. The van der Waals surface area contributed by atoms with E-state index in [4.69, 9.17) is 4.52 Å². The Kier molecular flexibility index (Phi) is 2.11. The van der Waals surface area contributed by atoms with E-state index in [1.54, 1.807) is 0 Å². The number of aromatic nitrogens is 2. The second-order valence-electron chi connectivity index (χ2n) is 4.29. The zero-order valence-electron chi connectivity index (χ0n) is 9.18. The van der Waals surface area contributed by atoms with Crippen LogP contribution in [-0.4, -0.2) is 14.8 Å². The Morgan fingerprint density at radius 1 is 1.56 bits per heavy atom. The second-order valence-corrected chi connectivity index (χ2v) is 4.29. The Balaban J connectivity index is 2.09. The van der Waals surface area contributed by atoms with Gasteiger partial charge in [-0.2, -0.15) is 0 Å². The van der Waals surface area contributed by atoms with E-state index < -0.39 is 0 Å². The summed E-state index contributed by atoms with van der Waals surface area (Å²) in [6, 6.07) is 3.88. The lowest BCUT2D eigenvalue weighted by atomic mass is 9.95. The number of aliphatic hydroxyl groups excluding tert-OH is 1. The minimum absolute atomic E-state index is 0.321. The summed E-state index contributed by atoms with van der Waals surface area (Å²) in [5.41, 5.74) is 2.19. The van der Waals surface area contributed by atoms with E-state index in [9.17, 15) is 5.11 Å². The van der Waals surface area contributed by atoms with Crippen molar-refractivity contribution in [2.45, 2.75) is 32.3 Å². The molecule has 1 N–H and O–H groups in total. The van der Waals surface area contributed by atoms with Gasteiger partial charge < -0.3 is 14.2 Å². The fourth-order valence-electron chi connectivity index (χ4n) is 2.35. The maximum absolute atomic E-state index is 9.87. The first-order valence-corrected chi connectivity index (χ1v) is 5.57. The highest BCUT2D eigenvalue weighted by atomic mass is 16.5. The number of aliphatic hydroxyl groups is 1. The fourth-order valence-corrected chi connectivity index (χ4v) is 2.35. The van der Waals surface area contributed by atoms with Gasteiger partial charge in [0.2, 0.25) is 0 Å². The third-order valence-electron chi connectivity index (χ3n) is 3.14. The van der Waals surface area contributed by atoms with Crippen molar-refractivity contribution in [1.82, 2.24) is 9.72 Å². The van der Waals surface area contributed by atoms with Gasteiger partial charge in [-0.05, 0) is 32.3 Å². The molecular weight excluding hydrogens is 204 g/mol. The highest BCUT2D eigenvalue weighted by Gasteiger charge is 2.22. The smallest absolute Gasteiger partial charge is 0.180 e. The molecule has 0 bridgehead atoms. The molecule has 0 amide bonds. The lowest BCUT2D eigenvalue weighted by molar-refractivity contribution is 0.156. The molecule has 2 aromatic rings. The van der Waals surface area contributed by atoms with E-state index in [1.807, 2.05) is 29.8 Å². The monoisotopic (exact) mass is 218 g/mol. The summed E-state index contributed by atoms with van der Waals surface area (Å²) in [4.78, 5) is 0. The van der Waals surface area contributed by atoms with Crippen LogP contribution in [0.2, 0.25) is 0 Å². The van der Waals surface area contributed by atoms with E-state index in [2.05, 4.69) is 5.16 Å². The van der Waals surface area contributed by atoms with Crippen LogP contribution in [0.25, 0.3) is 5.82 Å². The average Bonchev–Trinajstić information content (AvgIpc) is 2.84. The highest BCUT2D eigenvalue weighted by Crippen LogP contribution is 2.31. The van der Waals surface area contributed by atoms with E-state index in [1.165, 1.54) is 0 Å². The van der Waals surface area contributed by atoms with Crippen molar-refractivity contribution in [3.63, 3.8) is 0 Å². The van der Waals surface area contributed by atoms with Crippen molar-refractivity contribution in [3.05, 3.63) is 35.3 Å². The minimum atomic E-state index is -0.321. The molecule has 0 fully saturated rings. The predicted octanol–water partition coefficient (Wildman–Crippen LogP) is 2.14. The van der Waals surface area contributed by atoms with Gasteiger partial charge in [-0.25, -0.2) is 0 Å². The topological polar surface area (TPSA) is 51.2 Å². The Hall–Kier alpha value is -1.55. The normalized spacial score (nSPS) is 19.8. The molecule has 2 aromatic heterocycles. The molecule has 0 aromatic carbocycles. The molecule has 0 radical (unpaired) electrons. The molecule has 84 valence electrons. The summed E-state index contributed by atoms with van der Waals surface area (Å²) < 4.78 is 7.08. The van der Waals surface area contributed by atoms with Gasteiger partial charge in [0.15, 0.2) is 5.82 Å². The van der Waals surface area contributed by atoms with Crippen LogP contribution in [0.1, 0.15) is 36.0 Å². The second kappa shape index (κ2) is 3.49. The summed E-state index contributed by atoms with van der Waals surface area (Å²) in [6.07, 6.45) is 4.50. The first kappa shape index (κ1) is 9.66. The lowest BCUT2D eigenvalue weighted by Crippen LogP contribution is -2.11. The number of nitrogens with zero attached hydrogens (tertiary/aromatic N) is 2. The van der Waals surface area contributed by atoms with Crippen molar-refractivity contribution in [3.8, 4) is 5.82 Å². The third kappa shape index (κ3) is 1.38. The standard InChI is InChI=1S/C12H14N2O2/c1-8-7-12(13-16-8)14-6-5-9-10(14)3-2-4-11(9)15/h5-7,11,15H,2-4H2,1H3. The first-order valence-electron chi connectivity index (χ1n) is 5.57.